The molecule has 277 valence electrons. The van der Waals surface area contributed by atoms with Crippen LogP contribution in [0, 0.1) is 25.0 Å². The van der Waals surface area contributed by atoms with Gasteiger partial charge in [0.1, 0.15) is 5.58 Å². The summed E-state index contributed by atoms with van der Waals surface area (Å²) in [7, 11) is -1.35. The monoisotopic (exact) mass is 911 g/mol. The SMILES string of the molecule is C[Si](C)(C)c1cnc(-c2[c-]cccc2)cc1CC1CCCC1.Cc1cc(-c2[c-]ccc3c2oc2ccc(-c4ccccc4)cc23)ncc1-c1ccccc1.[Ir]. The van der Waals surface area contributed by atoms with Crippen molar-refractivity contribution in [3.63, 3.8) is 0 Å². The van der Waals surface area contributed by atoms with E-state index in [0.29, 0.717) is 0 Å². The van der Waals surface area contributed by atoms with Crippen molar-refractivity contribution in [1.82, 2.24) is 9.97 Å². The van der Waals surface area contributed by atoms with E-state index in [9.17, 15) is 0 Å². The third-order valence-electron chi connectivity index (χ3n) is 10.8. The van der Waals surface area contributed by atoms with Crippen LogP contribution in [0.15, 0.2) is 144 Å². The van der Waals surface area contributed by atoms with E-state index in [1.54, 1.807) is 10.8 Å². The maximum atomic E-state index is 6.31. The maximum absolute atomic E-state index is 6.31. The summed E-state index contributed by atoms with van der Waals surface area (Å²) in [5.74, 6) is 0.880. The molecule has 0 spiro atoms. The van der Waals surface area contributed by atoms with Crippen molar-refractivity contribution in [3.05, 3.63) is 163 Å². The van der Waals surface area contributed by atoms with Crippen LogP contribution in [0.2, 0.25) is 19.6 Å². The molecule has 0 aliphatic heterocycles. The summed E-state index contributed by atoms with van der Waals surface area (Å²) in [5.41, 5.74) is 13.1. The number of nitrogens with zero attached hydrogens (tertiary/aromatic N) is 2. The zero-order chi connectivity index (χ0) is 37.1. The Morgan fingerprint density at radius 2 is 1.38 bits per heavy atom. The Balaban J connectivity index is 0.000000178. The molecule has 1 aliphatic rings. The number of hydrogen-bond acceptors (Lipinski definition) is 3. The van der Waals surface area contributed by atoms with Crippen LogP contribution in [0.4, 0.5) is 0 Å². The predicted octanol–water partition coefficient (Wildman–Crippen LogP) is 12.9. The Morgan fingerprint density at radius 1 is 0.673 bits per heavy atom. The maximum Gasteiger partial charge on any atom is 0.120 e. The van der Waals surface area contributed by atoms with Crippen LogP contribution in [0.3, 0.4) is 0 Å². The Bertz CT molecular complexity index is 2520. The first-order chi connectivity index (χ1) is 26.3. The van der Waals surface area contributed by atoms with Crippen LogP contribution in [-0.2, 0) is 26.5 Å². The molecule has 0 unspecified atom stereocenters. The Kier molecular flexibility index (Phi) is 11.7. The molecule has 1 aliphatic carbocycles. The normalized spacial score (nSPS) is 13.0. The Labute approximate surface area is 340 Å². The molecule has 9 rings (SSSR count). The molecule has 3 nitrogen and oxygen atoms in total. The van der Waals surface area contributed by atoms with Crippen LogP contribution in [0.1, 0.15) is 36.8 Å². The van der Waals surface area contributed by atoms with Crippen LogP contribution in [0.25, 0.3) is 66.7 Å². The van der Waals surface area contributed by atoms with E-state index in [2.05, 4.69) is 142 Å². The van der Waals surface area contributed by atoms with Gasteiger partial charge in [0, 0.05) is 43.4 Å². The van der Waals surface area contributed by atoms with Crippen molar-refractivity contribution >= 4 is 35.2 Å². The smallest absolute Gasteiger partial charge is 0.120 e. The van der Waals surface area contributed by atoms with Crippen molar-refractivity contribution in [1.29, 1.82) is 0 Å². The molecule has 3 aromatic heterocycles. The molecule has 5 heteroatoms. The van der Waals surface area contributed by atoms with Gasteiger partial charge in [0.15, 0.2) is 0 Å². The standard InChI is InChI=1S/C30H20NO.C20H26NSi.Ir/c1-20-17-28(31-19-27(20)22-11-6-3-7-12-22)25-14-8-13-24-26-18-23(21-9-4-2-5-10-21)15-16-29(26)32-30(24)25;1-22(2,3)20-15-21-19(17-11-5-4-6-12-17)14-18(20)13-16-9-7-8-10-16;/h2-13,15-19H,1H3;4-6,11,14-16H,7-10,13H2,1-3H3;/q2*-1;. The van der Waals surface area contributed by atoms with Crippen molar-refractivity contribution < 1.29 is 24.5 Å². The third kappa shape index (κ3) is 8.50. The van der Waals surface area contributed by atoms with Crippen LogP contribution < -0.4 is 5.19 Å². The first-order valence-corrected chi connectivity index (χ1v) is 22.7. The van der Waals surface area contributed by atoms with E-state index >= 15 is 0 Å². The van der Waals surface area contributed by atoms with E-state index in [-0.39, 0.29) is 20.1 Å². The van der Waals surface area contributed by atoms with Gasteiger partial charge in [0.25, 0.3) is 0 Å². The summed E-state index contributed by atoms with van der Waals surface area (Å²) < 4.78 is 6.31. The fraction of sp³-hybridized carbons (Fsp3) is 0.200. The van der Waals surface area contributed by atoms with Gasteiger partial charge in [0.2, 0.25) is 0 Å². The largest absolute Gasteiger partial charge is 0.501 e. The molecule has 0 N–H and O–H groups in total. The average molecular weight is 911 g/mol. The quantitative estimate of drug-likeness (QED) is 0.118. The molecule has 0 atom stereocenters. The molecule has 0 saturated heterocycles. The zero-order valence-electron chi connectivity index (χ0n) is 32.0. The number of aryl methyl sites for hydroxylation is 1. The zero-order valence-corrected chi connectivity index (χ0v) is 35.4. The minimum absolute atomic E-state index is 0. The second-order valence-corrected chi connectivity index (χ2v) is 20.7. The molecule has 1 fully saturated rings. The molecular formula is C50H46IrN2OSi-2. The number of fused-ring (bicyclic) bond motifs is 3. The number of aromatic nitrogens is 2. The van der Waals surface area contributed by atoms with Gasteiger partial charge >= 0.3 is 0 Å². The van der Waals surface area contributed by atoms with Crippen LogP contribution in [0.5, 0.6) is 0 Å². The van der Waals surface area contributed by atoms with Gasteiger partial charge in [-0.15, -0.1) is 54.1 Å². The van der Waals surface area contributed by atoms with Crippen LogP contribution in [-0.4, -0.2) is 18.0 Å². The Morgan fingerprint density at radius 3 is 2.07 bits per heavy atom. The number of rotatable bonds is 7. The van der Waals surface area contributed by atoms with E-state index in [0.717, 1.165) is 55.9 Å². The summed E-state index contributed by atoms with van der Waals surface area (Å²) >= 11 is 0. The summed E-state index contributed by atoms with van der Waals surface area (Å²) in [6.07, 6.45) is 11.0. The van der Waals surface area contributed by atoms with Gasteiger partial charge in [-0.2, -0.15) is 0 Å². The fourth-order valence-electron chi connectivity index (χ4n) is 7.92. The van der Waals surface area contributed by atoms with Gasteiger partial charge in [0.05, 0.1) is 13.7 Å². The first-order valence-electron chi connectivity index (χ1n) is 19.2. The summed E-state index contributed by atoms with van der Waals surface area (Å²) in [5, 5.41) is 3.73. The molecule has 1 saturated carbocycles. The molecule has 8 aromatic rings. The number of hydrogen-bond donors (Lipinski definition) is 0. The molecular weight excluding hydrogens is 865 g/mol. The molecule has 55 heavy (non-hydrogen) atoms. The van der Waals surface area contributed by atoms with Gasteiger partial charge in [-0.1, -0.05) is 141 Å². The van der Waals surface area contributed by atoms with Gasteiger partial charge < -0.3 is 14.4 Å². The topological polar surface area (TPSA) is 38.9 Å². The van der Waals surface area contributed by atoms with E-state index < -0.39 is 8.07 Å². The van der Waals surface area contributed by atoms with E-state index in [1.807, 2.05) is 36.5 Å². The summed E-state index contributed by atoms with van der Waals surface area (Å²) in [6, 6.07) is 50.5. The molecule has 5 aromatic carbocycles. The predicted molar refractivity (Wildman–Crippen MR) is 229 cm³/mol. The average Bonchev–Trinajstić information content (AvgIpc) is 3.86. The van der Waals surface area contributed by atoms with Gasteiger partial charge in [-0.25, -0.2) is 0 Å². The molecule has 0 amide bonds. The second-order valence-electron chi connectivity index (χ2n) is 15.6. The van der Waals surface area contributed by atoms with E-state index in [4.69, 9.17) is 14.4 Å². The Hall–Kier alpha value is -4.93. The molecule has 0 bridgehead atoms. The van der Waals surface area contributed by atoms with Crippen molar-refractivity contribution in [3.8, 4) is 44.8 Å². The second kappa shape index (κ2) is 16.8. The van der Waals surface area contributed by atoms with Crippen molar-refractivity contribution in [2.75, 3.05) is 0 Å². The number of benzene rings is 5. The molecule has 3 heterocycles. The summed E-state index contributed by atoms with van der Waals surface area (Å²) in [6.45, 7) is 9.40. The van der Waals surface area contributed by atoms with Gasteiger partial charge in [-0.3, -0.25) is 0 Å². The summed E-state index contributed by atoms with van der Waals surface area (Å²) in [4.78, 5) is 9.53. The first kappa shape index (κ1) is 38.3. The van der Waals surface area contributed by atoms with Crippen molar-refractivity contribution in [2.24, 2.45) is 5.92 Å². The van der Waals surface area contributed by atoms with Crippen LogP contribution >= 0.6 is 0 Å². The number of furan rings is 1. The number of pyridine rings is 2. The third-order valence-corrected chi connectivity index (χ3v) is 12.8. The molecule has 1 radical (unpaired) electrons. The van der Waals surface area contributed by atoms with Gasteiger partial charge in [-0.05, 0) is 70.2 Å². The fourth-order valence-corrected chi connectivity index (χ4v) is 9.51. The minimum atomic E-state index is -1.35. The van der Waals surface area contributed by atoms with Crippen molar-refractivity contribution in [2.45, 2.75) is 58.7 Å². The van der Waals surface area contributed by atoms with E-state index in [1.165, 1.54) is 54.4 Å². The minimum Gasteiger partial charge on any atom is -0.501 e.